The summed E-state index contributed by atoms with van der Waals surface area (Å²) in [5, 5.41) is 0. The van der Waals surface area contributed by atoms with Crippen LogP contribution in [0.3, 0.4) is 0 Å². The summed E-state index contributed by atoms with van der Waals surface area (Å²) in [6.45, 7) is 6.32. The lowest BCUT2D eigenvalue weighted by molar-refractivity contribution is 0.285. The second-order valence-electron chi connectivity index (χ2n) is 5.61. The summed E-state index contributed by atoms with van der Waals surface area (Å²) in [6.07, 6.45) is 6.58. The SMILES string of the molecule is C=C[C@H]1CCCC[C@H]1CNS(=O)(=O)c1ccc(C)cc1. The van der Waals surface area contributed by atoms with E-state index >= 15 is 0 Å². The molecule has 0 saturated heterocycles. The van der Waals surface area contributed by atoms with E-state index in [1.165, 1.54) is 12.8 Å². The standard InChI is InChI=1S/C16H23NO2S/c1-3-14-6-4-5-7-15(14)12-17-20(18,19)16-10-8-13(2)9-11-16/h3,8-11,14-15,17H,1,4-7,12H2,2H3/t14-,15-/m0/s1. The summed E-state index contributed by atoms with van der Waals surface area (Å²) in [5.74, 6) is 0.811. The van der Waals surface area contributed by atoms with Gasteiger partial charge >= 0.3 is 0 Å². The Hall–Kier alpha value is -1.13. The van der Waals surface area contributed by atoms with Crippen LogP contribution in [0, 0.1) is 18.8 Å². The molecule has 0 heterocycles. The van der Waals surface area contributed by atoms with Crippen LogP contribution in [0.1, 0.15) is 31.2 Å². The molecule has 1 aromatic carbocycles. The number of rotatable bonds is 5. The molecule has 0 aromatic heterocycles. The van der Waals surface area contributed by atoms with Gasteiger partial charge in [-0.15, -0.1) is 6.58 Å². The Kier molecular flexibility index (Phi) is 5.00. The fourth-order valence-corrected chi connectivity index (χ4v) is 3.91. The first kappa shape index (κ1) is 15.3. The Balaban J connectivity index is 2.01. The van der Waals surface area contributed by atoms with E-state index in [9.17, 15) is 8.42 Å². The minimum atomic E-state index is -3.39. The molecule has 0 unspecified atom stereocenters. The quantitative estimate of drug-likeness (QED) is 0.847. The number of hydrogen-bond donors (Lipinski definition) is 1. The van der Waals surface area contributed by atoms with E-state index in [0.717, 1.165) is 18.4 Å². The van der Waals surface area contributed by atoms with Crippen molar-refractivity contribution in [2.75, 3.05) is 6.54 Å². The largest absolute Gasteiger partial charge is 0.240 e. The maximum atomic E-state index is 12.2. The molecule has 1 fully saturated rings. The van der Waals surface area contributed by atoms with Crippen molar-refractivity contribution in [1.29, 1.82) is 0 Å². The number of benzene rings is 1. The Morgan fingerprint density at radius 2 is 1.90 bits per heavy atom. The third kappa shape index (κ3) is 3.70. The molecular formula is C16H23NO2S. The second kappa shape index (κ2) is 6.55. The van der Waals surface area contributed by atoms with E-state index in [-0.39, 0.29) is 0 Å². The van der Waals surface area contributed by atoms with Gasteiger partial charge in [0.25, 0.3) is 0 Å². The number of nitrogens with one attached hydrogen (secondary N) is 1. The molecule has 1 aromatic rings. The average molecular weight is 293 g/mol. The summed E-state index contributed by atoms with van der Waals surface area (Å²) in [4.78, 5) is 0.342. The van der Waals surface area contributed by atoms with E-state index in [4.69, 9.17) is 0 Å². The van der Waals surface area contributed by atoms with Crippen LogP contribution < -0.4 is 4.72 Å². The number of aryl methyl sites for hydroxylation is 1. The van der Waals surface area contributed by atoms with E-state index in [1.807, 2.05) is 25.1 Å². The predicted octanol–water partition coefficient (Wildman–Crippen LogP) is 3.27. The molecule has 0 aliphatic heterocycles. The van der Waals surface area contributed by atoms with E-state index in [0.29, 0.717) is 23.3 Å². The van der Waals surface area contributed by atoms with Gasteiger partial charge in [-0.25, -0.2) is 13.1 Å². The summed E-state index contributed by atoms with van der Waals surface area (Å²) in [5.41, 5.74) is 1.06. The van der Waals surface area contributed by atoms with Gasteiger partial charge in [-0.2, -0.15) is 0 Å². The molecule has 4 heteroatoms. The maximum Gasteiger partial charge on any atom is 0.240 e. The zero-order valence-corrected chi connectivity index (χ0v) is 12.8. The van der Waals surface area contributed by atoms with E-state index in [1.54, 1.807) is 12.1 Å². The highest BCUT2D eigenvalue weighted by Crippen LogP contribution is 2.30. The summed E-state index contributed by atoms with van der Waals surface area (Å²) in [6, 6.07) is 6.95. The van der Waals surface area contributed by atoms with Gasteiger partial charge < -0.3 is 0 Å². The fourth-order valence-electron chi connectivity index (χ4n) is 2.82. The molecule has 1 aliphatic carbocycles. The summed E-state index contributed by atoms with van der Waals surface area (Å²) in [7, 11) is -3.39. The van der Waals surface area contributed by atoms with Crippen molar-refractivity contribution >= 4 is 10.0 Å². The van der Waals surface area contributed by atoms with Crippen LogP contribution in [-0.2, 0) is 10.0 Å². The zero-order chi connectivity index (χ0) is 14.6. The molecule has 1 N–H and O–H groups in total. The van der Waals surface area contributed by atoms with Crippen molar-refractivity contribution < 1.29 is 8.42 Å². The Bertz CT molecular complexity index is 548. The molecule has 0 spiro atoms. The summed E-state index contributed by atoms with van der Waals surface area (Å²) < 4.78 is 27.2. The molecule has 0 bridgehead atoms. The van der Waals surface area contributed by atoms with Crippen LogP contribution in [-0.4, -0.2) is 15.0 Å². The first-order valence-corrected chi connectivity index (χ1v) is 8.70. The second-order valence-corrected chi connectivity index (χ2v) is 7.38. The lowest BCUT2D eigenvalue weighted by Gasteiger charge is -2.29. The highest BCUT2D eigenvalue weighted by atomic mass is 32.2. The minimum Gasteiger partial charge on any atom is -0.211 e. The van der Waals surface area contributed by atoms with Crippen LogP contribution in [0.25, 0.3) is 0 Å². The van der Waals surface area contributed by atoms with E-state index in [2.05, 4.69) is 11.3 Å². The fraction of sp³-hybridized carbons (Fsp3) is 0.500. The van der Waals surface area contributed by atoms with Gasteiger partial charge in [-0.05, 0) is 43.7 Å². The first-order chi connectivity index (χ1) is 9.53. The van der Waals surface area contributed by atoms with Crippen LogP contribution in [0.5, 0.6) is 0 Å². The monoisotopic (exact) mass is 293 g/mol. The Morgan fingerprint density at radius 3 is 2.55 bits per heavy atom. The highest BCUT2D eigenvalue weighted by Gasteiger charge is 2.24. The Labute approximate surface area is 122 Å². The molecule has 0 radical (unpaired) electrons. The molecule has 0 amide bonds. The van der Waals surface area contributed by atoms with Crippen LogP contribution in [0.2, 0.25) is 0 Å². The molecule has 110 valence electrons. The van der Waals surface area contributed by atoms with Crippen LogP contribution >= 0.6 is 0 Å². The van der Waals surface area contributed by atoms with Gasteiger partial charge in [0.15, 0.2) is 0 Å². The number of allylic oxidation sites excluding steroid dienone is 1. The normalized spacial score (nSPS) is 23.4. The number of hydrogen-bond acceptors (Lipinski definition) is 2. The van der Waals surface area contributed by atoms with Crippen molar-refractivity contribution in [3.63, 3.8) is 0 Å². The minimum absolute atomic E-state index is 0.342. The van der Waals surface area contributed by atoms with Crippen molar-refractivity contribution in [2.24, 2.45) is 11.8 Å². The van der Waals surface area contributed by atoms with Crippen molar-refractivity contribution in [3.8, 4) is 0 Å². The predicted molar refractivity (Wildman–Crippen MR) is 82.0 cm³/mol. The van der Waals surface area contributed by atoms with Gasteiger partial charge in [0.1, 0.15) is 0 Å². The van der Waals surface area contributed by atoms with Crippen molar-refractivity contribution in [1.82, 2.24) is 4.72 Å². The van der Waals surface area contributed by atoms with Crippen molar-refractivity contribution in [3.05, 3.63) is 42.5 Å². The molecule has 20 heavy (non-hydrogen) atoms. The van der Waals surface area contributed by atoms with Gasteiger partial charge in [-0.1, -0.05) is 36.6 Å². The van der Waals surface area contributed by atoms with Gasteiger partial charge in [-0.3, -0.25) is 0 Å². The van der Waals surface area contributed by atoms with E-state index < -0.39 is 10.0 Å². The van der Waals surface area contributed by atoms with Crippen LogP contribution in [0.15, 0.2) is 41.8 Å². The third-order valence-electron chi connectivity index (χ3n) is 4.14. The average Bonchev–Trinajstić information content (AvgIpc) is 2.46. The molecule has 2 atom stereocenters. The number of sulfonamides is 1. The smallest absolute Gasteiger partial charge is 0.211 e. The molecule has 2 rings (SSSR count). The molecule has 1 saturated carbocycles. The maximum absolute atomic E-state index is 12.2. The first-order valence-electron chi connectivity index (χ1n) is 7.22. The highest BCUT2D eigenvalue weighted by molar-refractivity contribution is 7.89. The molecular weight excluding hydrogens is 270 g/mol. The molecule has 3 nitrogen and oxygen atoms in total. The lowest BCUT2D eigenvalue weighted by Crippen LogP contribution is -2.33. The van der Waals surface area contributed by atoms with Crippen LogP contribution in [0.4, 0.5) is 0 Å². The third-order valence-corrected chi connectivity index (χ3v) is 5.58. The lowest BCUT2D eigenvalue weighted by atomic mass is 9.79. The zero-order valence-electron chi connectivity index (χ0n) is 12.0. The van der Waals surface area contributed by atoms with Crippen molar-refractivity contribution in [2.45, 2.75) is 37.5 Å². The Morgan fingerprint density at radius 1 is 1.25 bits per heavy atom. The van der Waals surface area contributed by atoms with Gasteiger partial charge in [0.05, 0.1) is 4.90 Å². The molecule has 1 aliphatic rings. The van der Waals surface area contributed by atoms with Gasteiger partial charge in [0.2, 0.25) is 10.0 Å². The topological polar surface area (TPSA) is 46.2 Å². The summed E-state index contributed by atoms with van der Waals surface area (Å²) >= 11 is 0. The van der Waals surface area contributed by atoms with Gasteiger partial charge in [0, 0.05) is 6.54 Å².